The maximum atomic E-state index is 2.41. The molecular formula is C15H19NS2. The van der Waals surface area contributed by atoms with E-state index in [0.717, 1.165) is 18.8 Å². The molecule has 0 fully saturated rings. The second-order valence-corrected chi connectivity index (χ2v) is 6.49. The second kappa shape index (κ2) is 7.62. The van der Waals surface area contributed by atoms with Gasteiger partial charge in [0.15, 0.2) is 0 Å². The molecule has 3 heteroatoms. The van der Waals surface area contributed by atoms with Crippen molar-refractivity contribution < 1.29 is 0 Å². The van der Waals surface area contributed by atoms with E-state index in [0.29, 0.717) is 0 Å². The lowest BCUT2D eigenvalue weighted by atomic mass is 10.3. The lowest BCUT2D eigenvalue weighted by Gasteiger charge is -2.15. The van der Waals surface area contributed by atoms with E-state index >= 15 is 0 Å². The molecule has 18 heavy (non-hydrogen) atoms. The van der Waals surface area contributed by atoms with Gasteiger partial charge in [-0.25, -0.2) is 0 Å². The van der Waals surface area contributed by atoms with E-state index in [-0.39, 0.29) is 0 Å². The summed E-state index contributed by atoms with van der Waals surface area (Å²) in [5.74, 6) is 1.16. The van der Waals surface area contributed by atoms with Crippen LogP contribution in [0, 0.1) is 0 Å². The Bertz CT molecular complexity index is 425. The predicted octanol–water partition coefficient (Wildman–Crippen LogP) is 4.01. The summed E-state index contributed by atoms with van der Waals surface area (Å²) in [7, 11) is 2.21. The Morgan fingerprint density at radius 3 is 2.61 bits per heavy atom. The van der Waals surface area contributed by atoms with Gasteiger partial charge in [0.05, 0.1) is 0 Å². The summed E-state index contributed by atoms with van der Waals surface area (Å²) in [5, 5.41) is 2.15. The SMILES string of the molecule is CN(CCSc1ccccc1)CCc1cccs1. The van der Waals surface area contributed by atoms with Crippen molar-refractivity contribution in [3.63, 3.8) is 0 Å². The molecule has 0 aliphatic rings. The fourth-order valence-electron chi connectivity index (χ4n) is 1.70. The second-order valence-electron chi connectivity index (χ2n) is 4.29. The Balaban J connectivity index is 1.61. The van der Waals surface area contributed by atoms with Crippen LogP contribution in [-0.2, 0) is 6.42 Å². The van der Waals surface area contributed by atoms with Gasteiger partial charge < -0.3 is 4.90 Å². The zero-order valence-corrected chi connectivity index (χ0v) is 12.3. The molecule has 0 aliphatic carbocycles. The summed E-state index contributed by atoms with van der Waals surface area (Å²) in [4.78, 5) is 5.26. The molecule has 0 saturated carbocycles. The summed E-state index contributed by atoms with van der Waals surface area (Å²) in [6.07, 6.45) is 1.17. The lowest BCUT2D eigenvalue weighted by molar-refractivity contribution is 0.361. The first-order valence-corrected chi connectivity index (χ1v) is 8.10. The van der Waals surface area contributed by atoms with Crippen molar-refractivity contribution in [2.45, 2.75) is 11.3 Å². The number of hydrogen-bond donors (Lipinski definition) is 0. The quantitative estimate of drug-likeness (QED) is 0.703. The monoisotopic (exact) mass is 277 g/mol. The number of nitrogens with zero attached hydrogens (tertiary/aromatic N) is 1. The van der Waals surface area contributed by atoms with Gasteiger partial charge in [-0.2, -0.15) is 0 Å². The summed E-state index contributed by atoms with van der Waals surface area (Å²) in [6, 6.07) is 15.0. The third kappa shape index (κ3) is 4.84. The Kier molecular flexibility index (Phi) is 5.78. The van der Waals surface area contributed by atoms with E-state index in [2.05, 4.69) is 59.8 Å². The highest BCUT2D eigenvalue weighted by molar-refractivity contribution is 7.99. The molecule has 2 aromatic rings. The molecule has 1 aromatic heterocycles. The molecule has 0 unspecified atom stereocenters. The molecule has 2 rings (SSSR count). The van der Waals surface area contributed by atoms with Gasteiger partial charge >= 0.3 is 0 Å². The fraction of sp³-hybridized carbons (Fsp3) is 0.333. The minimum atomic E-state index is 1.14. The van der Waals surface area contributed by atoms with Crippen LogP contribution in [0.5, 0.6) is 0 Å². The average molecular weight is 277 g/mol. The van der Waals surface area contributed by atoms with Crippen LogP contribution in [0.1, 0.15) is 4.88 Å². The number of thioether (sulfide) groups is 1. The third-order valence-corrected chi connectivity index (χ3v) is 4.73. The summed E-state index contributed by atoms with van der Waals surface area (Å²) in [5.41, 5.74) is 0. The summed E-state index contributed by atoms with van der Waals surface area (Å²) in [6.45, 7) is 2.29. The van der Waals surface area contributed by atoms with Crippen LogP contribution >= 0.6 is 23.1 Å². The van der Waals surface area contributed by atoms with E-state index < -0.39 is 0 Å². The topological polar surface area (TPSA) is 3.24 Å². The smallest absolute Gasteiger partial charge is 0.0108 e. The van der Waals surface area contributed by atoms with E-state index in [4.69, 9.17) is 0 Å². The first-order chi connectivity index (χ1) is 8.84. The molecule has 0 aliphatic heterocycles. The first-order valence-electron chi connectivity index (χ1n) is 6.23. The van der Waals surface area contributed by atoms with Crippen molar-refractivity contribution in [2.24, 2.45) is 0 Å². The molecule has 96 valence electrons. The Morgan fingerprint density at radius 1 is 1.06 bits per heavy atom. The molecular weight excluding hydrogens is 258 g/mol. The van der Waals surface area contributed by atoms with Gasteiger partial charge in [-0.05, 0) is 37.0 Å². The molecule has 0 spiro atoms. The van der Waals surface area contributed by atoms with Crippen molar-refractivity contribution >= 4 is 23.1 Å². The molecule has 0 saturated heterocycles. The Hall–Kier alpha value is -0.770. The molecule has 0 atom stereocenters. The number of hydrogen-bond acceptors (Lipinski definition) is 3. The van der Waals surface area contributed by atoms with Crippen LogP contribution in [0.2, 0.25) is 0 Å². The highest BCUT2D eigenvalue weighted by Crippen LogP contribution is 2.16. The molecule has 1 heterocycles. The van der Waals surface area contributed by atoms with Crippen LogP contribution in [0.3, 0.4) is 0 Å². The number of benzene rings is 1. The highest BCUT2D eigenvalue weighted by atomic mass is 32.2. The number of rotatable bonds is 7. The Morgan fingerprint density at radius 2 is 1.89 bits per heavy atom. The predicted molar refractivity (Wildman–Crippen MR) is 82.7 cm³/mol. The van der Waals surface area contributed by atoms with Crippen LogP contribution < -0.4 is 0 Å². The lowest BCUT2D eigenvalue weighted by Crippen LogP contribution is -2.23. The van der Waals surface area contributed by atoms with Crippen LogP contribution in [0.4, 0.5) is 0 Å². The van der Waals surface area contributed by atoms with E-state index in [1.807, 2.05) is 23.1 Å². The van der Waals surface area contributed by atoms with Gasteiger partial charge in [0, 0.05) is 28.6 Å². The average Bonchev–Trinajstić information content (AvgIpc) is 2.91. The molecule has 1 nitrogen and oxygen atoms in total. The standard InChI is InChI=1S/C15H19NS2/c1-16(10-9-15-8-5-12-17-15)11-13-18-14-6-3-2-4-7-14/h2-8,12H,9-11,13H2,1H3. The summed E-state index contributed by atoms with van der Waals surface area (Å²) >= 11 is 3.79. The van der Waals surface area contributed by atoms with Gasteiger partial charge in [-0.1, -0.05) is 24.3 Å². The molecule has 0 N–H and O–H groups in total. The largest absolute Gasteiger partial charge is 0.305 e. The van der Waals surface area contributed by atoms with Gasteiger partial charge in [0.25, 0.3) is 0 Å². The maximum absolute atomic E-state index is 2.41. The van der Waals surface area contributed by atoms with Gasteiger partial charge in [0.1, 0.15) is 0 Å². The van der Waals surface area contributed by atoms with E-state index in [1.54, 1.807) is 0 Å². The van der Waals surface area contributed by atoms with Crippen molar-refractivity contribution in [3.05, 3.63) is 52.7 Å². The van der Waals surface area contributed by atoms with Crippen LogP contribution in [0.15, 0.2) is 52.7 Å². The van der Waals surface area contributed by atoms with E-state index in [1.165, 1.54) is 16.2 Å². The van der Waals surface area contributed by atoms with Gasteiger partial charge in [-0.3, -0.25) is 0 Å². The number of thiophene rings is 1. The van der Waals surface area contributed by atoms with Crippen molar-refractivity contribution in [1.29, 1.82) is 0 Å². The zero-order chi connectivity index (χ0) is 12.6. The minimum absolute atomic E-state index is 1.14. The van der Waals surface area contributed by atoms with Crippen molar-refractivity contribution in [2.75, 3.05) is 25.9 Å². The zero-order valence-electron chi connectivity index (χ0n) is 10.7. The molecule has 0 radical (unpaired) electrons. The van der Waals surface area contributed by atoms with Crippen molar-refractivity contribution in [1.82, 2.24) is 4.90 Å². The molecule has 0 bridgehead atoms. The number of likely N-dealkylation sites (N-methyl/N-ethyl adjacent to an activating group) is 1. The first kappa shape index (κ1) is 13.7. The normalized spacial score (nSPS) is 11.0. The fourth-order valence-corrected chi connectivity index (χ4v) is 3.39. The highest BCUT2D eigenvalue weighted by Gasteiger charge is 2.00. The third-order valence-electron chi connectivity index (χ3n) is 2.80. The van der Waals surface area contributed by atoms with E-state index in [9.17, 15) is 0 Å². The van der Waals surface area contributed by atoms with Crippen LogP contribution in [-0.4, -0.2) is 30.8 Å². The summed E-state index contributed by atoms with van der Waals surface area (Å²) < 4.78 is 0. The maximum Gasteiger partial charge on any atom is 0.0108 e. The van der Waals surface area contributed by atoms with Gasteiger partial charge in [0.2, 0.25) is 0 Å². The Labute approximate surface area is 118 Å². The van der Waals surface area contributed by atoms with Crippen LogP contribution in [0.25, 0.3) is 0 Å². The minimum Gasteiger partial charge on any atom is -0.305 e. The molecule has 0 amide bonds. The van der Waals surface area contributed by atoms with Crippen molar-refractivity contribution in [3.8, 4) is 0 Å². The van der Waals surface area contributed by atoms with Gasteiger partial charge in [-0.15, -0.1) is 23.1 Å². The molecule has 1 aromatic carbocycles.